The van der Waals surface area contributed by atoms with Gasteiger partial charge in [-0.25, -0.2) is 4.79 Å². The molecule has 2 N–H and O–H groups in total. The summed E-state index contributed by atoms with van der Waals surface area (Å²) in [6.07, 6.45) is -0.452. The van der Waals surface area contributed by atoms with E-state index in [1.165, 1.54) is 23.1 Å². The van der Waals surface area contributed by atoms with Gasteiger partial charge in [-0.1, -0.05) is 46.8 Å². The van der Waals surface area contributed by atoms with Crippen LogP contribution in [0.2, 0.25) is 5.02 Å². The fraction of sp³-hybridized carbons (Fsp3) is 0.308. The first-order valence-corrected chi connectivity index (χ1v) is 8.70. The van der Waals surface area contributed by atoms with Gasteiger partial charge in [0.2, 0.25) is 5.13 Å². The highest BCUT2D eigenvalue weighted by molar-refractivity contribution is 8.01. The van der Waals surface area contributed by atoms with Crippen molar-refractivity contribution in [2.45, 2.75) is 17.0 Å². The number of cyclic esters (lactones) is 1. The van der Waals surface area contributed by atoms with Crippen molar-refractivity contribution in [3.8, 4) is 0 Å². The lowest BCUT2D eigenvalue weighted by Crippen LogP contribution is -2.25. The smallest absolute Gasteiger partial charge is 0.410 e. The van der Waals surface area contributed by atoms with Crippen molar-refractivity contribution in [1.29, 1.82) is 0 Å². The van der Waals surface area contributed by atoms with Crippen molar-refractivity contribution in [3.05, 3.63) is 34.9 Å². The lowest BCUT2D eigenvalue weighted by Gasteiger charge is -2.12. The molecule has 1 atom stereocenters. The minimum Gasteiger partial charge on any atom is -0.443 e. The second-order valence-corrected chi connectivity index (χ2v) is 7.44. The Bertz CT molecular complexity index is 664. The minimum absolute atomic E-state index is 0.157. The van der Waals surface area contributed by atoms with Crippen LogP contribution in [0, 0.1) is 0 Å². The number of nitrogens with two attached hydrogens (primary N) is 1. The average molecular weight is 357 g/mol. The Balaban J connectivity index is 1.53. The molecule has 3 rings (SSSR count). The van der Waals surface area contributed by atoms with E-state index in [-0.39, 0.29) is 12.2 Å². The monoisotopic (exact) mass is 356 g/mol. The van der Waals surface area contributed by atoms with Crippen molar-refractivity contribution >= 4 is 45.9 Å². The highest BCUT2D eigenvalue weighted by Crippen LogP contribution is 2.27. The molecule has 9 heteroatoms. The molecular weight excluding hydrogens is 344 g/mol. The molecule has 2 heterocycles. The molecule has 1 aliphatic rings. The standard InChI is InChI=1S/C13H13ClN4O2S2/c14-9-3-1-8(2-4-9)5-18-6-10(20-13(18)19)7-21-12-17-16-11(15)22-12/h1-4,10H,5-7H2,(H2,15,16). The fourth-order valence-electron chi connectivity index (χ4n) is 2.04. The fourth-order valence-corrected chi connectivity index (χ4v) is 3.81. The number of nitrogen functional groups attached to an aromatic ring is 1. The maximum Gasteiger partial charge on any atom is 0.410 e. The number of hydrogen-bond donors (Lipinski definition) is 1. The first kappa shape index (κ1) is 15.4. The van der Waals surface area contributed by atoms with Crippen LogP contribution in [-0.4, -0.2) is 39.6 Å². The number of benzene rings is 1. The SMILES string of the molecule is Nc1nnc(SCC2CN(Cc3ccc(Cl)cc3)C(=O)O2)s1. The maximum absolute atomic E-state index is 11.9. The normalized spacial score (nSPS) is 17.8. The third-order valence-electron chi connectivity index (χ3n) is 3.05. The summed E-state index contributed by atoms with van der Waals surface area (Å²) in [6, 6.07) is 7.43. The van der Waals surface area contributed by atoms with Crippen LogP contribution in [0.4, 0.5) is 9.93 Å². The number of carbonyl (C=O) groups excluding carboxylic acids is 1. The van der Waals surface area contributed by atoms with E-state index in [0.29, 0.717) is 29.0 Å². The van der Waals surface area contributed by atoms with Gasteiger partial charge in [0.1, 0.15) is 6.10 Å². The summed E-state index contributed by atoms with van der Waals surface area (Å²) in [5.41, 5.74) is 6.55. The van der Waals surface area contributed by atoms with Crippen LogP contribution in [0.3, 0.4) is 0 Å². The van der Waals surface area contributed by atoms with E-state index in [1.54, 1.807) is 4.90 Å². The summed E-state index contributed by atoms with van der Waals surface area (Å²) in [5, 5.41) is 8.80. The van der Waals surface area contributed by atoms with E-state index in [0.717, 1.165) is 9.90 Å². The number of anilines is 1. The number of nitrogens with zero attached hydrogens (tertiary/aromatic N) is 3. The molecule has 0 radical (unpaired) electrons. The predicted octanol–water partition coefficient (Wildman–Crippen LogP) is 2.89. The molecule has 1 aromatic carbocycles. The molecule has 2 aromatic rings. The van der Waals surface area contributed by atoms with E-state index >= 15 is 0 Å². The lowest BCUT2D eigenvalue weighted by molar-refractivity contribution is 0.139. The first-order chi connectivity index (χ1) is 10.6. The molecule has 1 fully saturated rings. The Morgan fingerprint density at radius 3 is 2.86 bits per heavy atom. The zero-order valence-corrected chi connectivity index (χ0v) is 13.8. The molecular formula is C13H13ClN4O2S2. The van der Waals surface area contributed by atoms with Crippen molar-refractivity contribution < 1.29 is 9.53 Å². The van der Waals surface area contributed by atoms with Crippen LogP contribution in [0.1, 0.15) is 5.56 Å². The largest absolute Gasteiger partial charge is 0.443 e. The van der Waals surface area contributed by atoms with Gasteiger partial charge in [-0.3, -0.25) is 0 Å². The molecule has 0 aliphatic carbocycles. The van der Waals surface area contributed by atoms with E-state index < -0.39 is 0 Å². The van der Waals surface area contributed by atoms with Crippen LogP contribution in [-0.2, 0) is 11.3 Å². The molecule has 0 bridgehead atoms. The Hall–Kier alpha value is -1.51. The van der Waals surface area contributed by atoms with Gasteiger partial charge in [-0.15, -0.1) is 10.2 Å². The van der Waals surface area contributed by atoms with Gasteiger partial charge >= 0.3 is 6.09 Å². The van der Waals surface area contributed by atoms with Gasteiger partial charge in [-0.2, -0.15) is 0 Å². The number of amides is 1. The van der Waals surface area contributed by atoms with E-state index in [9.17, 15) is 4.79 Å². The summed E-state index contributed by atoms with van der Waals surface area (Å²) in [6.45, 7) is 1.08. The number of hydrogen-bond acceptors (Lipinski definition) is 7. The summed E-state index contributed by atoms with van der Waals surface area (Å²) in [4.78, 5) is 13.6. The molecule has 116 valence electrons. The van der Waals surface area contributed by atoms with Crippen LogP contribution >= 0.6 is 34.7 Å². The molecule has 1 unspecified atom stereocenters. The number of rotatable bonds is 5. The summed E-state index contributed by atoms with van der Waals surface area (Å²) >= 11 is 8.68. The molecule has 1 saturated heterocycles. The summed E-state index contributed by atoms with van der Waals surface area (Å²) in [5.74, 6) is 0.636. The van der Waals surface area contributed by atoms with Crippen LogP contribution in [0.15, 0.2) is 28.6 Å². The van der Waals surface area contributed by atoms with Crippen molar-refractivity contribution in [2.24, 2.45) is 0 Å². The van der Waals surface area contributed by atoms with Crippen LogP contribution in [0.5, 0.6) is 0 Å². The van der Waals surface area contributed by atoms with Gasteiger partial charge in [0.25, 0.3) is 0 Å². The zero-order valence-electron chi connectivity index (χ0n) is 11.4. The second-order valence-electron chi connectivity index (χ2n) is 4.73. The van der Waals surface area contributed by atoms with Gasteiger partial charge in [0.15, 0.2) is 4.34 Å². The quantitative estimate of drug-likeness (QED) is 0.829. The third kappa shape index (κ3) is 3.82. The number of aromatic nitrogens is 2. The maximum atomic E-state index is 11.9. The molecule has 0 spiro atoms. The Morgan fingerprint density at radius 2 is 2.18 bits per heavy atom. The minimum atomic E-state index is -0.294. The Morgan fingerprint density at radius 1 is 1.41 bits per heavy atom. The molecule has 1 aliphatic heterocycles. The number of carbonyl (C=O) groups is 1. The highest BCUT2D eigenvalue weighted by atomic mass is 35.5. The first-order valence-electron chi connectivity index (χ1n) is 6.52. The van der Waals surface area contributed by atoms with Crippen molar-refractivity contribution in [3.63, 3.8) is 0 Å². The second kappa shape index (κ2) is 6.72. The third-order valence-corrected chi connectivity index (χ3v) is 5.32. The van der Waals surface area contributed by atoms with Crippen LogP contribution < -0.4 is 5.73 Å². The van der Waals surface area contributed by atoms with Crippen molar-refractivity contribution in [2.75, 3.05) is 18.0 Å². The van der Waals surface area contributed by atoms with Crippen LogP contribution in [0.25, 0.3) is 0 Å². The Labute approximate surface area is 140 Å². The van der Waals surface area contributed by atoms with Gasteiger partial charge in [0, 0.05) is 17.3 Å². The van der Waals surface area contributed by atoms with Gasteiger partial charge < -0.3 is 15.4 Å². The van der Waals surface area contributed by atoms with Gasteiger partial charge in [0.05, 0.1) is 6.54 Å². The molecule has 0 saturated carbocycles. The average Bonchev–Trinajstić information content (AvgIpc) is 3.06. The molecule has 1 aromatic heterocycles. The zero-order chi connectivity index (χ0) is 15.5. The van der Waals surface area contributed by atoms with Gasteiger partial charge in [-0.05, 0) is 17.7 Å². The summed E-state index contributed by atoms with van der Waals surface area (Å²) < 4.78 is 6.15. The molecule has 22 heavy (non-hydrogen) atoms. The van der Waals surface area contributed by atoms with E-state index in [1.807, 2.05) is 24.3 Å². The topological polar surface area (TPSA) is 81.3 Å². The molecule has 1 amide bonds. The Kier molecular flexibility index (Phi) is 4.70. The van der Waals surface area contributed by atoms with Crippen molar-refractivity contribution in [1.82, 2.24) is 15.1 Å². The highest BCUT2D eigenvalue weighted by Gasteiger charge is 2.31. The summed E-state index contributed by atoms with van der Waals surface area (Å²) in [7, 11) is 0. The predicted molar refractivity (Wildman–Crippen MR) is 87.2 cm³/mol. The number of thioether (sulfide) groups is 1. The number of ether oxygens (including phenoxy) is 1. The molecule has 6 nitrogen and oxygen atoms in total. The lowest BCUT2D eigenvalue weighted by atomic mass is 10.2. The van der Waals surface area contributed by atoms with E-state index in [4.69, 9.17) is 22.1 Å². The number of halogens is 1. The van der Waals surface area contributed by atoms with E-state index in [2.05, 4.69) is 10.2 Å².